The maximum atomic E-state index is 12.2. The lowest BCUT2D eigenvalue weighted by atomic mass is 9.70. The van der Waals surface area contributed by atoms with E-state index < -0.39 is 11.9 Å². The molecule has 3 aliphatic rings. The SMILES string of the molecule is CCCCC1(CCCC)c2ccccc2-c2ccc(N(c3ccc(-c4ccc(C=C5NC(=O)NC5=O)s4)cc3)c3ccc4c(c3)C(CCCC)(CCCC)c3ccccc3-4)cc21. The highest BCUT2D eigenvalue weighted by molar-refractivity contribution is 7.16. The van der Waals surface area contributed by atoms with Crippen molar-refractivity contribution in [3.8, 4) is 32.7 Å². The average molecular weight is 838 g/mol. The molecule has 6 heteroatoms. The van der Waals surface area contributed by atoms with Crippen LogP contribution < -0.4 is 15.5 Å². The van der Waals surface area contributed by atoms with E-state index in [4.69, 9.17) is 0 Å². The molecule has 5 aromatic carbocycles. The molecular weight excluding hydrogens is 779 g/mol. The zero-order valence-corrected chi connectivity index (χ0v) is 37.6. The molecule has 0 saturated carbocycles. The minimum Gasteiger partial charge on any atom is -0.310 e. The molecule has 0 unspecified atom stereocenters. The number of unbranched alkanes of at least 4 members (excludes halogenated alkanes) is 4. The molecule has 0 bridgehead atoms. The number of imide groups is 1. The molecule has 1 fully saturated rings. The Bertz CT molecular complexity index is 2520. The average Bonchev–Trinajstić information content (AvgIpc) is 4.04. The molecule has 2 N–H and O–H groups in total. The third-order valence-corrected chi connectivity index (χ3v) is 15.0. The van der Waals surface area contributed by atoms with Crippen molar-refractivity contribution in [3.05, 3.63) is 154 Å². The van der Waals surface area contributed by atoms with Crippen LogP contribution in [0.4, 0.5) is 21.9 Å². The fourth-order valence-electron chi connectivity index (χ4n) is 10.8. The van der Waals surface area contributed by atoms with Crippen molar-refractivity contribution < 1.29 is 9.59 Å². The number of fused-ring (bicyclic) bond motifs is 6. The normalized spacial score (nSPS) is 15.8. The molecule has 9 rings (SSSR count). The molecule has 2 heterocycles. The Morgan fingerprint density at radius 3 is 1.45 bits per heavy atom. The fraction of sp³-hybridized carbons (Fsp3) is 0.321. The Balaban J connectivity index is 1.19. The van der Waals surface area contributed by atoms with Gasteiger partial charge in [0, 0.05) is 37.6 Å². The summed E-state index contributed by atoms with van der Waals surface area (Å²) < 4.78 is 0. The number of carbonyl (C=O) groups excluding carboxylic acids is 2. The van der Waals surface area contributed by atoms with Gasteiger partial charge in [0.2, 0.25) is 0 Å². The molecule has 5 nitrogen and oxygen atoms in total. The standard InChI is InChI=1S/C56H59N3O2S/c1-5-9-31-55(32-10-6-2)47-19-15-13-17-43(47)45-28-25-40(35-49(45)55)59(39-23-21-38(22-24-39)52-30-27-42(62-52)37-51-53(60)58-54(61)57-51)41-26-29-46-44-18-14-16-20-48(44)56(33-11-7-3,34-12-8-4)50(46)36-41/h13-30,35-37H,5-12,31-34H2,1-4H3,(H2,57,58,60,61). The lowest BCUT2D eigenvalue weighted by Crippen LogP contribution is -2.26. The number of rotatable bonds is 17. The quantitative estimate of drug-likeness (QED) is 0.0710. The Hall–Kier alpha value is -5.72. The third-order valence-electron chi connectivity index (χ3n) is 13.9. The Labute approximate surface area is 372 Å². The zero-order valence-electron chi connectivity index (χ0n) is 36.8. The molecular formula is C56H59N3O2S. The van der Waals surface area contributed by atoms with E-state index in [2.05, 4.69) is 158 Å². The Morgan fingerprint density at radius 2 is 0.984 bits per heavy atom. The maximum Gasteiger partial charge on any atom is 0.326 e. The van der Waals surface area contributed by atoms with Gasteiger partial charge in [-0.05, 0) is 130 Å². The Morgan fingerprint density at radius 1 is 0.516 bits per heavy atom. The Kier molecular flexibility index (Phi) is 11.8. The first-order valence-corrected chi connectivity index (χ1v) is 24.0. The minimum absolute atomic E-state index is 0.0211. The second-order valence-corrected chi connectivity index (χ2v) is 18.8. The number of benzene rings is 5. The van der Waals surface area contributed by atoms with Crippen molar-refractivity contribution in [2.75, 3.05) is 4.90 Å². The molecule has 6 aromatic rings. The van der Waals surface area contributed by atoms with Gasteiger partial charge < -0.3 is 10.2 Å². The van der Waals surface area contributed by atoms with Crippen molar-refractivity contribution in [2.45, 2.75) is 116 Å². The van der Waals surface area contributed by atoms with E-state index in [0.29, 0.717) is 0 Å². The summed E-state index contributed by atoms with van der Waals surface area (Å²) in [7, 11) is 0. The molecule has 0 atom stereocenters. The lowest BCUT2D eigenvalue weighted by Gasteiger charge is -2.35. The van der Waals surface area contributed by atoms with Crippen molar-refractivity contribution >= 4 is 46.4 Å². The highest BCUT2D eigenvalue weighted by atomic mass is 32.1. The summed E-state index contributed by atoms with van der Waals surface area (Å²) in [6.45, 7) is 9.30. The van der Waals surface area contributed by atoms with E-state index in [1.165, 1.54) is 107 Å². The smallest absolute Gasteiger partial charge is 0.310 e. The molecule has 3 amide bonds. The van der Waals surface area contributed by atoms with E-state index in [9.17, 15) is 9.59 Å². The number of hydrogen-bond acceptors (Lipinski definition) is 4. The summed E-state index contributed by atoms with van der Waals surface area (Å²) in [6, 6.07) is 45.7. The van der Waals surface area contributed by atoms with Crippen molar-refractivity contribution in [1.82, 2.24) is 10.6 Å². The molecule has 1 aromatic heterocycles. The van der Waals surface area contributed by atoms with Crippen LogP contribution in [0, 0.1) is 0 Å². The first kappa shape index (κ1) is 41.6. The van der Waals surface area contributed by atoms with Gasteiger partial charge >= 0.3 is 6.03 Å². The number of anilines is 3. The van der Waals surface area contributed by atoms with Gasteiger partial charge in [0.1, 0.15) is 5.70 Å². The molecule has 316 valence electrons. The predicted molar refractivity (Wildman–Crippen MR) is 260 cm³/mol. The number of nitrogens with zero attached hydrogens (tertiary/aromatic N) is 1. The number of nitrogens with one attached hydrogen (secondary N) is 2. The van der Waals surface area contributed by atoms with Crippen LogP contribution in [0.2, 0.25) is 0 Å². The second kappa shape index (κ2) is 17.6. The van der Waals surface area contributed by atoms with Gasteiger partial charge in [0.15, 0.2) is 0 Å². The molecule has 0 radical (unpaired) electrons. The van der Waals surface area contributed by atoms with E-state index in [0.717, 1.165) is 46.7 Å². The number of thiophene rings is 1. The third kappa shape index (κ3) is 7.30. The number of hydrogen-bond donors (Lipinski definition) is 2. The van der Waals surface area contributed by atoms with Gasteiger partial charge in [-0.25, -0.2) is 4.79 Å². The van der Waals surface area contributed by atoms with Gasteiger partial charge in [-0.3, -0.25) is 10.1 Å². The summed E-state index contributed by atoms with van der Waals surface area (Å²) in [5.74, 6) is -0.402. The van der Waals surface area contributed by atoms with Crippen molar-refractivity contribution in [1.29, 1.82) is 0 Å². The van der Waals surface area contributed by atoms with Crippen LogP contribution in [0.15, 0.2) is 127 Å². The summed E-state index contributed by atoms with van der Waals surface area (Å²) in [6.07, 6.45) is 15.8. The van der Waals surface area contributed by atoms with E-state index >= 15 is 0 Å². The van der Waals surface area contributed by atoms with E-state index in [-0.39, 0.29) is 16.5 Å². The molecule has 0 spiro atoms. The zero-order chi connectivity index (χ0) is 42.8. The fourth-order valence-corrected chi connectivity index (χ4v) is 11.8. The summed E-state index contributed by atoms with van der Waals surface area (Å²) in [5, 5.41) is 4.90. The van der Waals surface area contributed by atoms with E-state index in [1.54, 1.807) is 17.4 Å². The number of amides is 3. The molecule has 62 heavy (non-hydrogen) atoms. The van der Waals surface area contributed by atoms with Crippen LogP contribution in [0.3, 0.4) is 0 Å². The highest BCUT2D eigenvalue weighted by Gasteiger charge is 2.44. The van der Waals surface area contributed by atoms with Crippen LogP contribution in [-0.2, 0) is 15.6 Å². The van der Waals surface area contributed by atoms with Crippen LogP contribution >= 0.6 is 11.3 Å². The topological polar surface area (TPSA) is 61.4 Å². The summed E-state index contributed by atoms with van der Waals surface area (Å²) in [5.41, 5.74) is 16.3. The summed E-state index contributed by atoms with van der Waals surface area (Å²) >= 11 is 1.60. The van der Waals surface area contributed by atoms with Crippen LogP contribution in [0.5, 0.6) is 0 Å². The molecule has 1 aliphatic heterocycles. The predicted octanol–water partition coefficient (Wildman–Crippen LogP) is 15.4. The van der Waals surface area contributed by atoms with Crippen LogP contribution in [0.25, 0.3) is 38.8 Å². The monoisotopic (exact) mass is 837 g/mol. The first-order chi connectivity index (χ1) is 30.3. The van der Waals surface area contributed by atoms with Crippen LogP contribution in [0.1, 0.15) is 132 Å². The van der Waals surface area contributed by atoms with Gasteiger partial charge in [0.05, 0.1) is 0 Å². The van der Waals surface area contributed by atoms with Gasteiger partial charge in [-0.2, -0.15) is 0 Å². The largest absolute Gasteiger partial charge is 0.326 e. The van der Waals surface area contributed by atoms with Crippen molar-refractivity contribution in [3.63, 3.8) is 0 Å². The number of carbonyl (C=O) groups is 2. The van der Waals surface area contributed by atoms with Crippen LogP contribution in [-0.4, -0.2) is 11.9 Å². The second-order valence-electron chi connectivity index (χ2n) is 17.7. The number of urea groups is 1. The highest BCUT2D eigenvalue weighted by Crippen LogP contribution is 2.58. The minimum atomic E-state index is -0.487. The first-order valence-electron chi connectivity index (χ1n) is 23.2. The molecule has 1 saturated heterocycles. The lowest BCUT2D eigenvalue weighted by molar-refractivity contribution is -0.115. The molecule has 2 aliphatic carbocycles. The van der Waals surface area contributed by atoms with Gasteiger partial charge in [-0.15, -0.1) is 11.3 Å². The summed E-state index contributed by atoms with van der Waals surface area (Å²) in [4.78, 5) is 28.5. The van der Waals surface area contributed by atoms with Gasteiger partial charge in [-0.1, -0.05) is 152 Å². The maximum absolute atomic E-state index is 12.2. The van der Waals surface area contributed by atoms with Crippen molar-refractivity contribution in [2.24, 2.45) is 0 Å². The van der Waals surface area contributed by atoms with Gasteiger partial charge in [0.25, 0.3) is 5.91 Å². The van der Waals surface area contributed by atoms with E-state index in [1.807, 2.05) is 6.07 Å².